The van der Waals surface area contributed by atoms with Gasteiger partial charge in [0.2, 0.25) is 5.91 Å². The van der Waals surface area contributed by atoms with Crippen LogP contribution in [0.4, 0.5) is 0 Å². The van der Waals surface area contributed by atoms with Crippen molar-refractivity contribution in [2.75, 3.05) is 20.8 Å². The Morgan fingerprint density at radius 1 is 1.07 bits per heavy atom. The van der Waals surface area contributed by atoms with Gasteiger partial charge in [-0.3, -0.25) is 9.59 Å². The second-order valence-electron chi connectivity index (χ2n) is 6.32. The predicted molar refractivity (Wildman–Crippen MR) is 107 cm³/mol. The maximum absolute atomic E-state index is 12.1. The Kier molecular flexibility index (Phi) is 6.26. The smallest absolute Gasteiger partial charge is 0.258 e. The lowest BCUT2D eigenvalue weighted by molar-refractivity contribution is -0.121. The minimum atomic E-state index is -0.186. The Morgan fingerprint density at radius 2 is 1.86 bits per heavy atom. The molecule has 2 aromatic carbocycles. The van der Waals surface area contributed by atoms with Gasteiger partial charge in [-0.05, 0) is 36.2 Å². The van der Waals surface area contributed by atoms with E-state index in [0.717, 1.165) is 5.56 Å². The highest BCUT2D eigenvalue weighted by Crippen LogP contribution is 2.27. The molecule has 0 aliphatic rings. The Morgan fingerprint density at radius 3 is 2.64 bits per heavy atom. The molecular formula is C21H23N3O4. The number of ether oxygens (including phenoxy) is 2. The lowest BCUT2D eigenvalue weighted by Crippen LogP contribution is -2.26. The lowest BCUT2D eigenvalue weighted by Gasteiger charge is -2.10. The van der Waals surface area contributed by atoms with Crippen molar-refractivity contribution in [2.24, 2.45) is 0 Å². The average Bonchev–Trinajstić information content (AvgIpc) is 2.72. The first kappa shape index (κ1) is 19.4. The van der Waals surface area contributed by atoms with Gasteiger partial charge >= 0.3 is 0 Å². The van der Waals surface area contributed by atoms with Gasteiger partial charge in [-0.2, -0.15) is 0 Å². The van der Waals surface area contributed by atoms with E-state index in [1.54, 1.807) is 32.4 Å². The SMILES string of the molecule is COc1ccc(CCNC(=O)CCc2nc3ccccc3c(=O)[nH]2)cc1OC. The van der Waals surface area contributed by atoms with Crippen LogP contribution in [0, 0.1) is 0 Å². The summed E-state index contributed by atoms with van der Waals surface area (Å²) in [6.07, 6.45) is 1.31. The predicted octanol–water partition coefficient (Wildman–Crippen LogP) is 2.23. The van der Waals surface area contributed by atoms with Crippen molar-refractivity contribution in [3.05, 3.63) is 64.2 Å². The molecule has 0 bridgehead atoms. The summed E-state index contributed by atoms with van der Waals surface area (Å²) in [6.45, 7) is 0.510. The van der Waals surface area contributed by atoms with Crippen LogP contribution in [-0.4, -0.2) is 36.6 Å². The number of fused-ring (bicyclic) bond motifs is 1. The quantitative estimate of drug-likeness (QED) is 0.624. The van der Waals surface area contributed by atoms with Crippen LogP contribution in [0.3, 0.4) is 0 Å². The van der Waals surface area contributed by atoms with Crippen LogP contribution in [0.15, 0.2) is 47.3 Å². The highest BCUT2D eigenvalue weighted by Gasteiger charge is 2.08. The van der Waals surface area contributed by atoms with Gasteiger partial charge in [-0.1, -0.05) is 18.2 Å². The van der Waals surface area contributed by atoms with Crippen molar-refractivity contribution in [1.82, 2.24) is 15.3 Å². The fraction of sp³-hybridized carbons (Fsp3) is 0.286. The zero-order valence-electron chi connectivity index (χ0n) is 16.0. The first-order valence-electron chi connectivity index (χ1n) is 9.06. The minimum Gasteiger partial charge on any atom is -0.493 e. The molecule has 0 saturated carbocycles. The maximum atomic E-state index is 12.1. The number of benzene rings is 2. The molecule has 2 N–H and O–H groups in total. The van der Waals surface area contributed by atoms with Crippen LogP contribution in [0.5, 0.6) is 11.5 Å². The third kappa shape index (κ3) is 4.68. The van der Waals surface area contributed by atoms with E-state index in [0.29, 0.717) is 47.6 Å². The summed E-state index contributed by atoms with van der Waals surface area (Å²) in [6, 6.07) is 12.8. The van der Waals surface area contributed by atoms with Gasteiger partial charge in [0.05, 0.1) is 25.1 Å². The monoisotopic (exact) mass is 381 g/mol. The fourth-order valence-corrected chi connectivity index (χ4v) is 2.96. The first-order valence-corrected chi connectivity index (χ1v) is 9.06. The highest BCUT2D eigenvalue weighted by atomic mass is 16.5. The maximum Gasteiger partial charge on any atom is 0.258 e. The molecule has 3 rings (SSSR count). The van der Waals surface area contributed by atoms with Crippen molar-refractivity contribution < 1.29 is 14.3 Å². The summed E-state index contributed by atoms with van der Waals surface area (Å²) in [4.78, 5) is 31.3. The summed E-state index contributed by atoms with van der Waals surface area (Å²) in [5.41, 5.74) is 1.49. The van der Waals surface area contributed by atoms with E-state index >= 15 is 0 Å². The van der Waals surface area contributed by atoms with Crippen molar-refractivity contribution >= 4 is 16.8 Å². The number of methoxy groups -OCH3 is 2. The third-order valence-electron chi connectivity index (χ3n) is 4.43. The highest BCUT2D eigenvalue weighted by molar-refractivity contribution is 5.78. The molecule has 1 amide bonds. The Bertz CT molecular complexity index is 1030. The molecule has 0 radical (unpaired) electrons. The molecule has 0 aliphatic carbocycles. The number of H-pyrrole nitrogens is 1. The molecule has 1 aromatic heterocycles. The molecule has 0 saturated heterocycles. The van der Waals surface area contributed by atoms with E-state index in [-0.39, 0.29) is 17.9 Å². The van der Waals surface area contributed by atoms with Crippen molar-refractivity contribution in [1.29, 1.82) is 0 Å². The van der Waals surface area contributed by atoms with E-state index < -0.39 is 0 Å². The summed E-state index contributed by atoms with van der Waals surface area (Å²) in [5.74, 6) is 1.76. The molecular weight excluding hydrogens is 358 g/mol. The molecule has 3 aromatic rings. The number of rotatable bonds is 8. The van der Waals surface area contributed by atoms with Crippen LogP contribution in [0.1, 0.15) is 17.8 Å². The van der Waals surface area contributed by atoms with Gasteiger partial charge in [-0.25, -0.2) is 4.98 Å². The zero-order valence-corrected chi connectivity index (χ0v) is 16.0. The number of carbonyl (C=O) groups excluding carboxylic acids is 1. The number of carbonyl (C=O) groups is 1. The number of amides is 1. The number of aryl methyl sites for hydroxylation is 1. The number of hydrogen-bond acceptors (Lipinski definition) is 5. The fourth-order valence-electron chi connectivity index (χ4n) is 2.96. The second-order valence-corrected chi connectivity index (χ2v) is 6.32. The topological polar surface area (TPSA) is 93.3 Å². The lowest BCUT2D eigenvalue weighted by atomic mass is 10.1. The van der Waals surface area contributed by atoms with Crippen molar-refractivity contribution in [2.45, 2.75) is 19.3 Å². The molecule has 0 aliphatic heterocycles. The summed E-state index contributed by atoms with van der Waals surface area (Å²) < 4.78 is 10.5. The van der Waals surface area contributed by atoms with Gasteiger partial charge in [0.1, 0.15) is 5.82 Å². The number of nitrogens with zero attached hydrogens (tertiary/aromatic N) is 1. The number of hydrogen-bond donors (Lipinski definition) is 2. The molecule has 146 valence electrons. The van der Waals surface area contributed by atoms with E-state index in [4.69, 9.17) is 9.47 Å². The van der Waals surface area contributed by atoms with Gasteiger partial charge in [0.15, 0.2) is 11.5 Å². The molecule has 0 atom stereocenters. The molecule has 0 fully saturated rings. The Labute approximate surface area is 162 Å². The normalized spacial score (nSPS) is 10.6. The number of para-hydroxylation sites is 1. The van der Waals surface area contributed by atoms with Crippen LogP contribution in [0.2, 0.25) is 0 Å². The average molecular weight is 381 g/mol. The van der Waals surface area contributed by atoms with Crippen LogP contribution >= 0.6 is 0 Å². The molecule has 0 spiro atoms. The van der Waals surface area contributed by atoms with E-state index in [9.17, 15) is 9.59 Å². The summed E-state index contributed by atoms with van der Waals surface area (Å²) in [5, 5.41) is 3.44. The molecule has 7 heteroatoms. The summed E-state index contributed by atoms with van der Waals surface area (Å²) >= 11 is 0. The van der Waals surface area contributed by atoms with Gasteiger partial charge in [0, 0.05) is 19.4 Å². The number of aromatic amines is 1. The van der Waals surface area contributed by atoms with E-state index in [1.807, 2.05) is 24.3 Å². The van der Waals surface area contributed by atoms with Crippen molar-refractivity contribution in [3.63, 3.8) is 0 Å². The van der Waals surface area contributed by atoms with Gasteiger partial charge in [0.25, 0.3) is 5.56 Å². The van der Waals surface area contributed by atoms with Crippen LogP contribution in [0.25, 0.3) is 10.9 Å². The third-order valence-corrected chi connectivity index (χ3v) is 4.43. The number of aromatic nitrogens is 2. The Balaban J connectivity index is 1.51. The molecule has 28 heavy (non-hydrogen) atoms. The van der Waals surface area contributed by atoms with Gasteiger partial charge in [-0.15, -0.1) is 0 Å². The van der Waals surface area contributed by atoms with Crippen molar-refractivity contribution in [3.8, 4) is 11.5 Å². The van der Waals surface area contributed by atoms with E-state index in [1.165, 1.54) is 0 Å². The molecule has 1 heterocycles. The minimum absolute atomic E-state index is 0.0868. The second kappa shape index (κ2) is 9.03. The summed E-state index contributed by atoms with van der Waals surface area (Å²) in [7, 11) is 3.18. The van der Waals surface area contributed by atoms with Crippen LogP contribution < -0.4 is 20.3 Å². The van der Waals surface area contributed by atoms with Gasteiger partial charge < -0.3 is 19.8 Å². The van der Waals surface area contributed by atoms with Crippen LogP contribution in [-0.2, 0) is 17.6 Å². The molecule has 7 nitrogen and oxygen atoms in total. The number of nitrogens with one attached hydrogen (secondary N) is 2. The largest absolute Gasteiger partial charge is 0.493 e. The Hall–Kier alpha value is -3.35. The standard InChI is InChI=1S/C21H23N3O4/c1-27-17-8-7-14(13-18(17)28-2)11-12-22-20(25)10-9-19-23-16-6-4-3-5-15(16)21(26)24-19/h3-8,13H,9-12H2,1-2H3,(H,22,25)(H,23,24,26). The zero-order chi connectivity index (χ0) is 19.9. The molecule has 0 unspecified atom stereocenters. The van der Waals surface area contributed by atoms with E-state index in [2.05, 4.69) is 15.3 Å². The first-order chi connectivity index (χ1) is 13.6.